The van der Waals surface area contributed by atoms with Crippen LogP contribution in [0.15, 0.2) is 66.7 Å². The molecule has 0 aliphatic carbocycles. The van der Waals surface area contributed by atoms with Gasteiger partial charge in [0.05, 0.1) is 13.5 Å². The molecule has 0 radical (unpaired) electrons. The fraction of sp³-hybridized carbons (Fsp3) is 0.296. The number of nitrogens with one attached hydrogen (secondary N) is 1. The summed E-state index contributed by atoms with van der Waals surface area (Å²) in [6, 6.07) is 19.6. The number of amides is 1. The van der Waals surface area contributed by atoms with Crippen LogP contribution in [0.2, 0.25) is 0 Å². The molecule has 0 spiro atoms. The van der Waals surface area contributed by atoms with Crippen molar-refractivity contribution in [2.45, 2.75) is 31.8 Å². The van der Waals surface area contributed by atoms with Crippen molar-refractivity contribution in [2.24, 2.45) is 0 Å². The average Bonchev–Trinajstić information content (AvgIpc) is 2.83. The third-order valence-corrected chi connectivity index (χ3v) is 6.06. The quantitative estimate of drug-likeness (QED) is 0.553. The zero-order valence-electron chi connectivity index (χ0n) is 18.7. The predicted molar refractivity (Wildman–Crippen MR) is 125 cm³/mol. The second-order valence-electron chi connectivity index (χ2n) is 8.47. The Morgan fingerprint density at radius 1 is 0.939 bits per heavy atom. The molecule has 4 rings (SSSR count). The lowest BCUT2D eigenvalue weighted by atomic mass is 10.0. The van der Waals surface area contributed by atoms with E-state index in [0.29, 0.717) is 12.0 Å². The van der Waals surface area contributed by atoms with E-state index in [0.717, 1.165) is 61.0 Å². The van der Waals surface area contributed by atoms with Crippen molar-refractivity contribution in [3.63, 3.8) is 0 Å². The lowest BCUT2D eigenvalue weighted by Crippen LogP contribution is -2.44. The van der Waals surface area contributed by atoms with Crippen LogP contribution in [0.25, 0.3) is 11.1 Å². The van der Waals surface area contributed by atoms with Gasteiger partial charge in [-0.05, 0) is 65.4 Å². The summed E-state index contributed by atoms with van der Waals surface area (Å²) in [4.78, 5) is 14.8. The van der Waals surface area contributed by atoms with Crippen molar-refractivity contribution in [3.8, 4) is 16.9 Å². The lowest BCUT2D eigenvalue weighted by molar-refractivity contribution is -0.121. The van der Waals surface area contributed by atoms with E-state index in [4.69, 9.17) is 4.74 Å². The van der Waals surface area contributed by atoms with Crippen LogP contribution in [-0.4, -0.2) is 37.0 Å². The molecule has 1 aliphatic heterocycles. The molecular formula is C27H28F2N2O2. The summed E-state index contributed by atoms with van der Waals surface area (Å²) in [5, 5.41) is 3.16. The van der Waals surface area contributed by atoms with Gasteiger partial charge >= 0.3 is 0 Å². The zero-order chi connectivity index (χ0) is 23.2. The van der Waals surface area contributed by atoms with Gasteiger partial charge in [0.1, 0.15) is 5.75 Å². The lowest BCUT2D eigenvalue weighted by Gasteiger charge is -2.32. The maximum atomic E-state index is 13.6. The first-order valence-electron chi connectivity index (χ1n) is 11.2. The number of rotatable bonds is 7. The molecule has 0 bridgehead atoms. The van der Waals surface area contributed by atoms with Crippen LogP contribution in [0, 0.1) is 11.6 Å². The number of benzene rings is 3. The highest BCUT2D eigenvalue weighted by Crippen LogP contribution is 2.24. The van der Waals surface area contributed by atoms with Gasteiger partial charge in [0.25, 0.3) is 0 Å². The smallest absolute Gasteiger partial charge is 0.224 e. The number of hydrogen-bond acceptors (Lipinski definition) is 3. The van der Waals surface area contributed by atoms with Gasteiger partial charge in [0.15, 0.2) is 11.6 Å². The number of piperidine rings is 1. The molecule has 172 valence electrons. The number of ether oxygens (including phenoxy) is 1. The van der Waals surface area contributed by atoms with Gasteiger partial charge in [-0.15, -0.1) is 0 Å². The number of carbonyl (C=O) groups is 1. The number of methoxy groups -OCH3 is 1. The molecule has 1 N–H and O–H groups in total. The van der Waals surface area contributed by atoms with E-state index in [2.05, 4.69) is 10.2 Å². The standard InChI is InChI=1S/C27H28F2N2O2/c1-33-24-8-5-19(6-9-24)16-27(32)30-23-11-13-31(14-12-23)18-20-3-2-4-21(15-20)22-7-10-25(28)26(29)17-22/h2-10,15,17,23H,11-14,16,18H2,1H3,(H,30,32). The SMILES string of the molecule is COc1ccc(CC(=O)NC2CCN(Cc3cccc(-c4ccc(F)c(F)c4)c3)CC2)cc1. The molecule has 1 heterocycles. The van der Waals surface area contributed by atoms with Crippen molar-refractivity contribution in [2.75, 3.05) is 20.2 Å². The summed E-state index contributed by atoms with van der Waals surface area (Å²) >= 11 is 0. The van der Waals surface area contributed by atoms with Crippen LogP contribution < -0.4 is 10.1 Å². The molecule has 0 unspecified atom stereocenters. The summed E-state index contributed by atoms with van der Waals surface area (Å²) in [5.41, 5.74) is 3.62. The van der Waals surface area contributed by atoms with Crippen LogP contribution >= 0.6 is 0 Å². The Morgan fingerprint density at radius 3 is 2.36 bits per heavy atom. The average molecular weight is 451 g/mol. The van der Waals surface area contributed by atoms with Crippen molar-refractivity contribution < 1.29 is 18.3 Å². The minimum atomic E-state index is -0.839. The number of likely N-dealkylation sites (tertiary alicyclic amines) is 1. The first kappa shape index (κ1) is 22.9. The molecule has 1 aliphatic rings. The molecule has 33 heavy (non-hydrogen) atoms. The second-order valence-corrected chi connectivity index (χ2v) is 8.47. The molecule has 1 amide bonds. The molecule has 6 heteroatoms. The van der Waals surface area contributed by atoms with Crippen molar-refractivity contribution >= 4 is 5.91 Å². The highest BCUT2D eigenvalue weighted by molar-refractivity contribution is 5.78. The van der Waals surface area contributed by atoms with Crippen molar-refractivity contribution in [1.82, 2.24) is 10.2 Å². The fourth-order valence-electron chi connectivity index (χ4n) is 4.23. The van der Waals surface area contributed by atoms with E-state index in [1.807, 2.05) is 48.5 Å². The minimum absolute atomic E-state index is 0.0397. The van der Waals surface area contributed by atoms with Gasteiger partial charge in [-0.3, -0.25) is 9.69 Å². The van der Waals surface area contributed by atoms with Gasteiger partial charge in [0, 0.05) is 25.7 Å². The van der Waals surface area contributed by atoms with Gasteiger partial charge < -0.3 is 10.1 Å². The van der Waals surface area contributed by atoms with E-state index >= 15 is 0 Å². The maximum Gasteiger partial charge on any atom is 0.224 e. The van der Waals surface area contributed by atoms with Crippen LogP contribution in [0.3, 0.4) is 0 Å². The van der Waals surface area contributed by atoms with E-state index in [1.54, 1.807) is 13.2 Å². The monoisotopic (exact) mass is 450 g/mol. The molecule has 3 aromatic carbocycles. The summed E-state index contributed by atoms with van der Waals surface area (Å²) in [7, 11) is 1.62. The molecule has 4 nitrogen and oxygen atoms in total. The van der Waals surface area contributed by atoms with Gasteiger partial charge in [0.2, 0.25) is 5.91 Å². The molecule has 0 aromatic heterocycles. The predicted octanol–water partition coefficient (Wildman–Crippen LogP) is 4.96. The van der Waals surface area contributed by atoms with Crippen molar-refractivity contribution in [3.05, 3.63) is 89.5 Å². The van der Waals surface area contributed by atoms with E-state index in [-0.39, 0.29) is 11.9 Å². The molecule has 0 atom stereocenters. The Kier molecular flexibility index (Phi) is 7.35. The van der Waals surface area contributed by atoms with E-state index < -0.39 is 11.6 Å². The van der Waals surface area contributed by atoms with Crippen LogP contribution in [0.1, 0.15) is 24.0 Å². The Morgan fingerprint density at radius 2 is 1.67 bits per heavy atom. The largest absolute Gasteiger partial charge is 0.497 e. The number of nitrogens with zero attached hydrogens (tertiary/aromatic N) is 1. The maximum absolute atomic E-state index is 13.6. The Hall–Kier alpha value is -3.25. The highest BCUT2D eigenvalue weighted by Gasteiger charge is 2.21. The van der Waals surface area contributed by atoms with Crippen molar-refractivity contribution in [1.29, 1.82) is 0 Å². The van der Waals surface area contributed by atoms with E-state index in [1.165, 1.54) is 6.07 Å². The Balaban J connectivity index is 1.27. The summed E-state index contributed by atoms with van der Waals surface area (Å²) in [5.74, 6) is -0.859. The molecule has 3 aromatic rings. The van der Waals surface area contributed by atoms with Gasteiger partial charge in [-0.2, -0.15) is 0 Å². The molecule has 0 saturated carbocycles. The van der Waals surface area contributed by atoms with Crippen LogP contribution in [-0.2, 0) is 17.8 Å². The number of hydrogen-bond donors (Lipinski definition) is 1. The number of carbonyl (C=O) groups excluding carboxylic acids is 1. The topological polar surface area (TPSA) is 41.6 Å². The third kappa shape index (κ3) is 6.17. The van der Waals surface area contributed by atoms with Gasteiger partial charge in [-0.25, -0.2) is 8.78 Å². The fourth-order valence-corrected chi connectivity index (χ4v) is 4.23. The minimum Gasteiger partial charge on any atom is -0.497 e. The summed E-state index contributed by atoms with van der Waals surface area (Å²) in [6.45, 7) is 2.57. The Labute approximate surface area is 193 Å². The van der Waals surface area contributed by atoms with E-state index in [9.17, 15) is 13.6 Å². The van der Waals surface area contributed by atoms with Gasteiger partial charge in [-0.1, -0.05) is 36.4 Å². The molecule has 1 fully saturated rings. The highest BCUT2D eigenvalue weighted by atomic mass is 19.2. The second kappa shape index (κ2) is 10.6. The summed E-state index contributed by atoms with van der Waals surface area (Å²) in [6.07, 6.45) is 2.16. The Bertz CT molecular complexity index is 1090. The van der Waals surface area contributed by atoms with Crippen LogP contribution in [0.4, 0.5) is 8.78 Å². The zero-order valence-corrected chi connectivity index (χ0v) is 18.7. The first-order valence-corrected chi connectivity index (χ1v) is 11.2. The number of halogens is 2. The molecule has 1 saturated heterocycles. The molecular weight excluding hydrogens is 422 g/mol. The van der Waals surface area contributed by atoms with Crippen LogP contribution in [0.5, 0.6) is 5.75 Å². The first-order chi connectivity index (χ1) is 16.0. The summed E-state index contributed by atoms with van der Waals surface area (Å²) < 4.78 is 32.0. The third-order valence-electron chi connectivity index (χ3n) is 6.06. The normalized spacial score (nSPS) is 14.8.